The number of likely N-dealkylation sites (tertiary alicyclic amines) is 1. The lowest BCUT2D eigenvalue weighted by molar-refractivity contribution is -0.154. The van der Waals surface area contributed by atoms with Gasteiger partial charge in [0.15, 0.2) is 0 Å². The van der Waals surface area contributed by atoms with E-state index >= 15 is 0 Å². The average Bonchev–Trinajstić information content (AvgIpc) is 2.46. The molecular weight excluding hydrogens is 297 g/mol. The number of benzene rings is 1. The van der Waals surface area contributed by atoms with Crippen molar-refractivity contribution in [2.24, 2.45) is 0 Å². The Morgan fingerprint density at radius 2 is 1.73 bits per heavy atom. The van der Waals surface area contributed by atoms with Crippen molar-refractivity contribution in [1.82, 2.24) is 10.2 Å². The summed E-state index contributed by atoms with van der Waals surface area (Å²) in [5.41, 5.74) is 0.585. The van der Waals surface area contributed by atoms with Gasteiger partial charge in [0.05, 0.1) is 0 Å². The van der Waals surface area contributed by atoms with Crippen LogP contribution in [0.5, 0.6) is 0 Å². The van der Waals surface area contributed by atoms with E-state index in [9.17, 15) is 22.8 Å². The molecule has 1 aliphatic heterocycles. The van der Waals surface area contributed by atoms with Gasteiger partial charge in [-0.2, -0.15) is 13.2 Å². The lowest BCUT2D eigenvalue weighted by Gasteiger charge is -2.32. The number of amides is 2. The fourth-order valence-corrected chi connectivity index (χ4v) is 2.45. The molecule has 0 atom stereocenters. The highest BCUT2D eigenvalue weighted by molar-refractivity contribution is 5.94. The quantitative estimate of drug-likeness (QED) is 0.931. The Labute approximate surface area is 126 Å². The van der Waals surface area contributed by atoms with Gasteiger partial charge in [-0.15, -0.1) is 0 Å². The van der Waals surface area contributed by atoms with Crippen LogP contribution in [0.2, 0.25) is 0 Å². The minimum Gasteiger partial charge on any atom is -0.353 e. The first-order valence-electron chi connectivity index (χ1n) is 7.05. The summed E-state index contributed by atoms with van der Waals surface area (Å²) in [6.07, 6.45) is -5.03. The summed E-state index contributed by atoms with van der Waals surface area (Å²) in [6.45, 7) is 0.843. The van der Waals surface area contributed by atoms with Crippen LogP contribution < -0.4 is 5.32 Å². The molecule has 0 bridgehead atoms. The molecule has 0 unspecified atom stereocenters. The number of alkyl halides is 3. The number of carbonyl (C=O) groups excluding carboxylic acids is 2. The Hall–Kier alpha value is -2.05. The number of rotatable bonds is 3. The zero-order chi connectivity index (χ0) is 16.2. The maximum atomic E-state index is 12.2. The molecule has 1 aromatic carbocycles. The zero-order valence-corrected chi connectivity index (χ0v) is 11.9. The van der Waals surface area contributed by atoms with E-state index < -0.39 is 18.5 Å². The average molecular weight is 314 g/mol. The molecule has 0 radical (unpaired) electrons. The summed E-state index contributed by atoms with van der Waals surface area (Å²) in [5.74, 6) is -1.11. The number of nitrogens with zero attached hydrogens (tertiary/aromatic N) is 1. The number of carbonyl (C=O) groups is 2. The highest BCUT2D eigenvalue weighted by Crippen LogP contribution is 2.20. The summed E-state index contributed by atoms with van der Waals surface area (Å²) in [7, 11) is 0. The lowest BCUT2D eigenvalue weighted by atomic mass is 10.0. The second kappa shape index (κ2) is 6.81. The monoisotopic (exact) mass is 314 g/mol. The van der Waals surface area contributed by atoms with Crippen molar-refractivity contribution in [2.45, 2.75) is 31.5 Å². The van der Waals surface area contributed by atoms with Crippen LogP contribution in [0.25, 0.3) is 0 Å². The minimum absolute atomic E-state index is 0.0966. The standard InChI is InChI=1S/C15H17F3N2O2/c16-15(17,18)10-13(21)19-12-6-8-20(9-7-12)14(22)11-4-2-1-3-5-11/h1-5,12H,6-10H2,(H,19,21). The molecule has 1 fully saturated rings. The Kier molecular flexibility index (Phi) is 5.05. The van der Waals surface area contributed by atoms with E-state index in [1.165, 1.54) is 0 Å². The number of nitrogens with one attached hydrogen (secondary N) is 1. The van der Waals surface area contributed by atoms with Gasteiger partial charge in [-0.05, 0) is 25.0 Å². The predicted octanol–water partition coefficient (Wildman–Crippen LogP) is 2.36. The van der Waals surface area contributed by atoms with Gasteiger partial charge >= 0.3 is 6.18 Å². The van der Waals surface area contributed by atoms with Gasteiger partial charge in [-0.25, -0.2) is 0 Å². The molecule has 1 aromatic rings. The van der Waals surface area contributed by atoms with E-state index in [0.717, 1.165) is 0 Å². The number of hydrogen-bond donors (Lipinski definition) is 1. The molecule has 1 N–H and O–H groups in total. The first-order chi connectivity index (χ1) is 10.3. The van der Waals surface area contributed by atoms with Gasteiger partial charge in [0.25, 0.3) is 5.91 Å². The van der Waals surface area contributed by atoms with E-state index in [4.69, 9.17) is 0 Å². The Morgan fingerprint density at radius 1 is 1.14 bits per heavy atom. The molecule has 1 saturated heterocycles. The molecular formula is C15H17F3N2O2. The van der Waals surface area contributed by atoms with Crippen LogP contribution in [0.15, 0.2) is 30.3 Å². The van der Waals surface area contributed by atoms with Gasteiger partial charge in [-0.3, -0.25) is 9.59 Å². The Bertz CT molecular complexity index is 523. The van der Waals surface area contributed by atoms with Crippen LogP contribution in [0.4, 0.5) is 13.2 Å². The predicted molar refractivity (Wildman–Crippen MR) is 74.2 cm³/mol. The van der Waals surface area contributed by atoms with Crippen molar-refractivity contribution in [3.63, 3.8) is 0 Å². The van der Waals surface area contributed by atoms with Crippen molar-refractivity contribution < 1.29 is 22.8 Å². The highest BCUT2D eigenvalue weighted by Gasteiger charge is 2.32. The molecule has 22 heavy (non-hydrogen) atoms. The van der Waals surface area contributed by atoms with Crippen molar-refractivity contribution in [3.05, 3.63) is 35.9 Å². The maximum absolute atomic E-state index is 12.2. The SMILES string of the molecule is O=C(CC(F)(F)F)NC1CCN(C(=O)c2ccccc2)CC1. The molecule has 0 spiro atoms. The molecule has 120 valence electrons. The van der Waals surface area contributed by atoms with Gasteiger partial charge in [0.1, 0.15) is 6.42 Å². The van der Waals surface area contributed by atoms with Gasteiger partial charge in [0, 0.05) is 24.7 Å². The van der Waals surface area contributed by atoms with Crippen LogP contribution in [0, 0.1) is 0 Å². The van der Waals surface area contributed by atoms with Crippen LogP contribution in [-0.4, -0.2) is 42.0 Å². The second-order valence-electron chi connectivity index (χ2n) is 5.29. The van der Waals surface area contributed by atoms with Crippen LogP contribution in [0.3, 0.4) is 0 Å². The number of piperidine rings is 1. The molecule has 2 rings (SSSR count). The minimum atomic E-state index is -4.49. The molecule has 0 saturated carbocycles. The van der Waals surface area contributed by atoms with E-state index in [2.05, 4.69) is 5.32 Å². The van der Waals surface area contributed by atoms with E-state index in [1.54, 1.807) is 29.2 Å². The third-order valence-corrected chi connectivity index (χ3v) is 3.53. The molecule has 1 heterocycles. The largest absolute Gasteiger partial charge is 0.397 e. The molecule has 0 aliphatic carbocycles. The van der Waals surface area contributed by atoms with Crippen molar-refractivity contribution >= 4 is 11.8 Å². The summed E-state index contributed by atoms with van der Waals surface area (Å²) in [4.78, 5) is 25.1. The third-order valence-electron chi connectivity index (χ3n) is 3.53. The second-order valence-corrected chi connectivity index (χ2v) is 5.29. The maximum Gasteiger partial charge on any atom is 0.397 e. The topological polar surface area (TPSA) is 49.4 Å². The van der Waals surface area contributed by atoms with Crippen molar-refractivity contribution in [3.8, 4) is 0 Å². The van der Waals surface area contributed by atoms with E-state index in [-0.39, 0.29) is 11.9 Å². The Morgan fingerprint density at radius 3 is 2.27 bits per heavy atom. The first kappa shape index (κ1) is 16.3. The first-order valence-corrected chi connectivity index (χ1v) is 7.05. The van der Waals surface area contributed by atoms with Crippen LogP contribution >= 0.6 is 0 Å². The summed E-state index contributed by atoms with van der Waals surface area (Å²) in [5, 5.41) is 2.38. The van der Waals surface area contributed by atoms with Gasteiger partial charge in [0.2, 0.25) is 5.91 Å². The molecule has 1 aliphatic rings. The highest BCUT2D eigenvalue weighted by atomic mass is 19.4. The molecule has 4 nitrogen and oxygen atoms in total. The smallest absolute Gasteiger partial charge is 0.353 e. The van der Waals surface area contributed by atoms with Gasteiger partial charge in [-0.1, -0.05) is 18.2 Å². The van der Waals surface area contributed by atoms with Crippen molar-refractivity contribution in [2.75, 3.05) is 13.1 Å². The zero-order valence-electron chi connectivity index (χ0n) is 11.9. The summed E-state index contributed by atoms with van der Waals surface area (Å²) >= 11 is 0. The molecule has 2 amide bonds. The number of hydrogen-bond acceptors (Lipinski definition) is 2. The number of halogens is 3. The Balaban J connectivity index is 1.81. The fraction of sp³-hybridized carbons (Fsp3) is 0.467. The van der Waals surface area contributed by atoms with Crippen molar-refractivity contribution in [1.29, 1.82) is 0 Å². The molecule has 0 aromatic heterocycles. The normalized spacial score (nSPS) is 16.4. The fourth-order valence-electron chi connectivity index (χ4n) is 2.45. The lowest BCUT2D eigenvalue weighted by Crippen LogP contribution is -2.47. The van der Waals surface area contributed by atoms with Gasteiger partial charge < -0.3 is 10.2 Å². The molecule has 7 heteroatoms. The van der Waals surface area contributed by atoms with Crippen LogP contribution in [-0.2, 0) is 4.79 Å². The third kappa shape index (κ3) is 4.75. The van der Waals surface area contributed by atoms with E-state index in [0.29, 0.717) is 31.5 Å². The summed E-state index contributed by atoms with van der Waals surface area (Å²) < 4.78 is 36.3. The van der Waals surface area contributed by atoms with Crippen LogP contribution in [0.1, 0.15) is 29.6 Å². The van der Waals surface area contributed by atoms with E-state index in [1.807, 2.05) is 6.07 Å². The summed E-state index contributed by atoms with van der Waals surface area (Å²) in [6, 6.07) is 8.50.